The van der Waals surface area contributed by atoms with Crippen LogP contribution in [0.25, 0.3) is 11.4 Å². The number of aromatic nitrogens is 3. The van der Waals surface area contributed by atoms with Crippen LogP contribution in [0.15, 0.2) is 47.6 Å². The molecule has 0 radical (unpaired) electrons. The minimum atomic E-state index is -0.0448. The summed E-state index contributed by atoms with van der Waals surface area (Å²) < 4.78 is 1.89. The fourth-order valence-electron chi connectivity index (χ4n) is 3.00. The lowest BCUT2D eigenvalue weighted by atomic mass is 10.0. The Morgan fingerprint density at radius 1 is 1.07 bits per heavy atom. The molecule has 7 heteroatoms. The summed E-state index contributed by atoms with van der Waals surface area (Å²) in [5.41, 5.74) is 4.18. The number of para-hydroxylation sites is 1. The second-order valence-corrected chi connectivity index (χ2v) is 7.75. The van der Waals surface area contributed by atoms with E-state index < -0.39 is 0 Å². The first-order valence-corrected chi connectivity index (χ1v) is 10.6. The van der Waals surface area contributed by atoms with Crippen molar-refractivity contribution in [2.75, 3.05) is 11.1 Å². The summed E-state index contributed by atoms with van der Waals surface area (Å²) in [5, 5.41) is 12.9. The van der Waals surface area contributed by atoms with E-state index in [4.69, 9.17) is 11.6 Å². The van der Waals surface area contributed by atoms with Crippen LogP contribution in [0.3, 0.4) is 0 Å². The molecule has 0 fully saturated rings. The Morgan fingerprint density at radius 2 is 1.71 bits per heavy atom. The SMILES string of the molecule is CCc1cccc(CC)c1NC(=O)CSc1nnc(-c2ccc(Cl)cc2)n1C. The van der Waals surface area contributed by atoms with Gasteiger partial charge in [0.1, 0.15) is 0 Å². The average Bonchev–Trinajstić information content (AvgIpc) is 3.07. The van der Waals surface area contributed by atoms with Crippen molar-refractivity contribution in [2.24, 2.45) is 7.05 Å². The van der Waals surface area contributed by atoms with Crippen molar-refractivity contribution in [3.63, 3.8) is 0 Å². The van der Waals surface area contributed by atoms with Gasteiger partial charge in [-0.15, -0.1) is 10.2 Å². The molecule has 1 amide bonds. The van der Waals surface area contributed by atoms with Crippen LogP contribution in [0.1, 0.15) is 25.0 Å². The van der Waals surface area contributed by atoms with Gasteiger partial charge in [-0.2, -0.15) is 0 Å². The zero-order valence-electron chi connectivity index (χ0n) is 16.2. The quantitative estimate of drug-likeness (QED) is 0.553. The minimum Gasteiger partial charge on any atom is -0.325 e. The fraction of sp³-hybridized carbons (Fsp3) is 0.286. The molecular formula is C21H23ClN4OS. The number of carbonyl (C=O) groups is 1. The maximum atomic E-state index is 12.5. The maximum Gasteiger partial charge on any atom is 0.234 e. The number of hydrogen-bond acceptors (Lipinski definition) is 4. The number of thioether (sulfide) groups is 1. The van der Waals surface area contributed by atoms with Crippen LogP contribution < -0.4 is 5.32 Å². The van der Waals surface area contributed by atoms with Crippen LogP contribution in [-0.2, 0) is 24.7 Å². The van der Waals surface area contributed by atoms with E-state index in [1.54, 1.807) is 0 Å². The number of rotatable bonds is 7. The molecule has 3 rings (SSSR count). The van der Waals surface area contributed by atoms with E-state index >= 15 is 0 Å². The van der Waals surface area contributed by atoms with Crippen LogP contribution >= 0.6 is 23.4 Å². The predicted octanol–water partition coefficient (Wildman–Crippen LogP) is 4.99. The Bertz CT molecular complexity index is 947. The van der Waals surface area contributed by atoms with E-state index in [1.165, 1.54) is 11.8 Å². The van der Waals surface area contributed by atoms with Gasteiger partial charge in [-0.3, -0.25) is 4.79 Å². The summed E-state index contributed by atoms with van der Waals surface area (Å²) in [4.78, 5) is 12.5. The van der Waals surface area contributed by atoms with Gasteiger partial charge in [0.2, 0.25) is 5.91 Å². The van der Waals surface area contributed by atoms with E-state index in [2.05, 4.69) is 41.5 Å². The highest BCUT2D eigenvalue weighted by Crippen LogP contribution is 2.25. The molecule has 0 aliphatic heterocycles. The van der Waals surface area contributed by atoms with E-state index in [-0.39, 0.29) is 11.7 Å². The Kier molecular flexibility index (Phi) is 6.75. The van der Waals surface area contributed by atoms with Gasteiger partial charge >= 0.3 is 0 Å². The Morgan fingerprint density at radius 3 is 2.32 bits per heavy atom. The highest BCUT2D eigenvalue weighted by atomic mass is 35.5. The van der Waals surface area contributed by atoms with Gasteiger partial charge in [0.05, 0.1) is 5.75 Å². The second-order valence-electron chi connectivity index (χ2n) is 6.37. The Hall–Kier alpha value is -2.31. The van der Waals surface area contributed by atoms with Gasteiger partial charge in [-0.1, -0.05) is 55.4 Å². The number of anilines is 1. The first-order chi connectivity index (χ1) is 13.5. The molecule has 1 N–H and O–H groups in total. The largest absolute Gasteiger partial charge is 0.325 e. The van der Waals surface area contributed by atoms with Crippen LogP contribution in [0.5, 0.6) is 0 Å². The molecule has 0 spiro atoms. The number of hydrogen-bond donors (Lipinski definition) is 1. The fourth-order valence-corrected chi connectivity index (χ4v) is 3.84. The summed E-state index contributed by atoms with van der Waals surface area (Å²) in [5.74, 6) is 0.967. The van der Waals surface area contributed by atoms with Crippen molar-refractivity contribution in [2.45, 2.75) is 31.8 Å². The number of amides is 1. The first-order valence-electron chi connectivity index (χ1n) is 9.22. The van der Waals surface area contributed by atoms with E-state index in [0.29, 0.717) is 10.2 Å². The van der Waals surface area contributed by atoms with E-state index in [1.807, 2.05) is 41.9 Å². The van der Waals surface area contributed by atoms with Gasteiger partial charge in [0.25, 0.3) is 0 Å². The summed E-state index contributed by atoms with van der Waals surface area (Å²) in [6.07, 6.45) is 1.76. The van der Waals surface area contributed by atoms with Crippen molar-refractivity contribution >= 4 is 35.0 Å². The summed E-state index contributed by atoms with van der Waals surface area (Å²) >= 11 is 7.32. The zero-order valence-corrected chi connectivity index (χ0v) is 17.8. The lowest BCUT2D eigenvalue weighted by molar-refractivity contribution is -0.113. The Labute approximate surface area is 174 Å². The van der Waals surface area contributed by atoms with Crippen LogP contribution in [0.4, 0.5) is 5.69 Å². The lowest BCUT2D eigenvalue weighted by Crippen LogP contribution is -2.17. The number of aryl methyl sites for hydroxylation is 2. The normalized spacial score (nSPS) is 10.9. The molecule has 5 nitrogen and oxygen atoms in total. The average molecular weight is 415 g/mol. The molecule has 0 unspecified atom stereocenters. The molecule has 1 aromatic heterocycles. The molecule has 0 saturated carbocycles. The molecule has 0 atom stereocenters. The molecule has 3 aromatic rings. The van der Waals surface area contributed by atoms with Crippen molar-refractivity contribution in [1.29, 1.82) is 0 Å². The van der Waals surface area contributed by atoms with Crippen LogP contribution in [0.2, 0.25) is 5.02 Å². The first kappa shape index (κ1) is 20.4. The van der Waals surface area contributed by atoms with Gasteiger partial charge in [0, 0.05) is 23.3 Å². The third kappa shape index (κ3) is 4.56. The van der Waals surface area contributed by atoms with Crippen molar-refractivity contribution in [1.82, 2.24) is 14.8 Å². The van der Waals surface area contributed by atoms with Gasteiger partial charge < -0.3 is 9.88 Å². The molecule has 146 valence electrons. The van der Waals surface area contributed by atoms with Crippen LogP contribution in [-0.4, -0.2) is 26.4 Å². The second kappa shape index (κ2) is 9.26. The van der Waals surface area contributed by atoms with Crippen LogP contribution in [0, 0.1) is 0 Å². The molecule has 2 aromatic carbocycles. The molecule has 0 saturated heterocycles. The van der Waals surface area contributed by atoms with Crippen molar-refractivity contribution in [3.8, 4) is 11.4 Å². The smallest absolute Gasteiger partial charge is 0.234 e. The van der Waals surface area contributed by atoms with Gasteiger partial charge in [0.15, 0.2) is 11.0 Å². The topological polar surface area (TPSA) is 59.8 Å². The molecule has 0 aliphatic rings. The van der Waals surface area contributed by atoms with Crippen molar-refractivity contribution < 1.29 is 4.79 Å². The van der Waals surface area contributed by atoms with E-state index in [9.17, 15) is 4.79 Å². The molecule has 1 heterocycles. The zero-order chi connectivity index (χ0) is 20.1. The Balaban J connectivity index is 1.68. The summed E-state index contributed by atoms with van der Waals surface area (Å²) in [6.45, 7) is 4.19. The third-order valence-electron chi connectivity index (χ3n) is 4.53. The van der Waals surface area contributed by atoms with Gasteiger partial charge in [-0.05, 0) is 48.2 Å². The number of halogens is 1. The standard InChI is InChI=1S/C21H23ClN4OS/c1-4-14-7-6-8-15(5-2)19(14)23-18(27)13-28-21-25-24-20(26(21)3)16-9-11-17(22)12-10-16/h6-12H,4-5,13H2,1-3H3,(H,23,27). The lowest BCUT2D eigenvalue weighted by Gasteiger charge is -2.14. The molecule has 28 heavy (non-hydrogen) atoms. The highest BCUT2D eigenvalue weighted by Gasteiger charge is 2.14. The third-order valence-corrected chi connectivity index (χ3v) is 5.81. The number of benzene rings is 2. The predicted molar refractivity (Wildman–Crippen MR) is 116 cm³/mol. The summed E-state index contributed by atoms with van der Waals surface area (Å²) in [6, 6.07) is 13.6. The molecule has 0 aliphatic carbocycles. The number of nitrogens with one attached hydrogen (secondary N) is 1. The molecule has 0 bridgehead atoms. The minimum absolute atomic E-state index is 0.0448. The van der Waals surface area contributed by atoms with Crippen molar-refractivity contribution in [3.05, 3.63) is 58.6 Å². The van der Waals surface area contributed by atoms with E-state index in [0.717, 1.165) is 41.0 Å². The number of nitrogens with zero attached hydrogens (tertiary/aromatic N) is 3. The maximum absolute atomic E-state index is 12.5. The highest BCUT2D eigenvalue weighted by molar-refractivity contribution is 7.99. The van der Waals surface area contributed by atoms with Gasteiger partial charge in [-0.25, -0.2) is 0 Å². The monoisotopic (exact) mass is 414 g/mol. The summed E-state index contributed by atoms with van der Waals surface area (Å²) in [7, 11) is 1.89. The molecular weight excluding hydrogens is 392 g/mol. The number of carbonyl (C=O) groups excluding carboxylic acids is 1.